The number of aromatic nitrogens is 2. The number of amides is 1. The molecule has 0 atom stereocenters. The van der Waals surface area contributed by atoms with E-state index in [0.717, 1.165) is 35.3 Å². The number of methoxy groups -OCH3 is 1. The van der Waals surface area contributed by atoms with Crippen LogP contribution in [0.25, 0.3) is 22.4 Å². The maximum Gasteiger partial charge on any atom is 0.258 e. The molecule has 0 unspecified atom stereocenters. The van der Waals surface area contributed by atoms with Crippen molar-refractivity contribution >= 4 is 16.9 Å². The normalized spacial score (nSPS) is 14.8. The fraction of sp³-hybridized carbons (Fsp3) is 0.364. The van der Waals surface area contributed by atoms with Gasteiger partial charge in [0.15, 0.2) is 18.1 Å². The number of hydrogen-bond acceptors (Lipinski definition) is 4. The van der Waals surface area contributed by atoms with Gasteiger partial charge in [-0.25, -0.2) is 4.98 Å². The fourth-order valence-corrected chi connectivity index (χ4v) is 3.68. The van der Waals surface area contributed by atoms with Crippen molar-refractivity contribution in [3.63, 3.8) is 0 Å². The summed E-state index contributed by atoms with van der Waals surface area (Å²) in [5.74, 6) is 1.79. The monoisotopic (exact) mass is 379 g/mol. The summed E-state index contributed by atoms with van der Waals surface area (Å²) in [6.07, 6.45) is 5.74. The lowest BCUT2D eigenvalue weighted by Gasteiger charge is -2.22. The van der Waals surface area contributed by atoms with Crippen LogP contribution >= 0.6 is 0 Å². The first-order chi connectivity index (χ1) is 13.7. The highest BCUT2D eigenvalue weighted by atomic mass is 16.5. The third-order valence-electron chi connectivity index (χ3n) is 5.16. The maximum atomic E-state index is 12.2. The number of nitrogens with one attached hydrogen (secondary N) is 2. The lowest BCUT2D eigenvalue weighted by Crippen LogP contribution is -2.38. The third kappa shape index (κ3) is 4.11. The summed E-state index contributed by atoms with van der Waals surface area (Å²) in [4.78, 5) is 20.1. The smallest absolute Gasteiger partial charge is 0.258 e. The molecule has 0 radical (unpaired) electrons. The number of fused-ring (bicyclic) bond motifs is 1. The molecule has 6 heteroatoms. The van der Waals surface area contributed by atoms with Crippen molar-refractivity contribution in [2.75, 3.05) is 13.7 Å². The summed E-state index contributed by atoms with van der Waals surface area (Å²) in [7, 11) is 1.59. The largest absolute Gasteiger partial charge is 0.493 e. The first-order valence-electron chi connectivity index (χ1n) is 9.78. The number of rotatable bonds is 6. The quantitative estimate of drug-likeness (QED) is 0.677. The van der Waals surface area contributed by atoms with Gasteiger partial charge in [0.05, 0.1) is 18.1 Å². The summed E-state index contributed by atoms with van der Waals surface area (Å²) in [6.45, 7) is -0.0170. The molecule has 1 saturated carbocycles. The van der Waals surface area contributed by atoms with Crippen molar-refractivity contribution in [1.29, 1.82) is 0 Å². The van der Waals surface area contributed by atoms with Gasteiger partial charge in [0.1, 0.15) is 5.82 Å². The van der Waals surface area contributed by atoms with Crippen LogP contribution in [0.15, 0.2) is 42.5 Å². The first kappa shape index (κ1) is 18.3. The van der Waals surface area contributed by atoms with Gasteiger partial charge in [0, 0.05) is 11.6 Å². The molecule has 146 valence electrons. The molecule has 0 saturated heterocycles. The molecule has 6 nitrogen and oxygen atoms in total. The van der Waals surface area contributed by atoms with Crippen LogP contribution in [0.1, 0.15) is 32.1 Å². The molecular weight excluding hydrogens is 354 g/mol. The van der Waals surface area contributed by atoms with Gasteiger partial charge in [-0.15, -0.1) is 0 Å². The number of carbonyl (C=O) groups excluding carboxylic acids is 1. The number of para-hydroxylation sites is 2. The number of benzene rings is 2. The van der Waals surface area contributed by atoms with E-state index in [-0.39, 0.29) is 18.6 Å². The van der Waals surface area contributed by atoms with Crippen LogP contribution in [0.2, 0.25) is 0 Å². The van der Waals surface area contributed by atoms with Crippen molar-refractivity contribution in [1.82, 2.24) is 15.3 Å². The van der Waals surface area contributed by atoms with Gasteiger partial charge in [-0.1, -0.05) is 31.4 Å². The standard InChI is InChI=1S/C22H25N3O3/c1-27-20-13-15(22-24-17-9-5-6-10-18(17)25-22)11-12-19(20)28-14-21(26)23-16-7-3-2-4-8-16/h5-6,9-13,16H,2-4,7-8,14H2,1H3,(H,23,26)(H,24,25). The third-order valence-corrected chi connectivity index (χ3v) is 5.16. The minimum atomic E-state index is -0.0877. The van der Waals surface area contributed by atoms with E-state index in [1.807, 2.05) is 42.5 Å². The van der Waals surface area contributed by atoms with Crippen molar-refractivity contribution < 1.29 is 14.3 Å². The van der Waals surface area contributed by atoms with Crippen LogP contribution in [0.4, 0.5) is 0 Å². The summed E-state index contributed by atoms with van der Waals surface area (Å²) >= 11 is 0. The predicted octanol–water partition coefficient (Wildman–Crippen LogP) is 4.07. The highest BCUT2D eigenvalue weighted by Gasteiger charge is 2.17. The summed E-state index contributed by atoms with van der Waals surface area (Å²) < 4.78 is 11.2. The molecule has 0 bridgehead atoms. The number of imidazole rings is 1. The van der Waals surface area contributed by atoms with Crippen molar-refractivity contribution in [2.24, 2.45) is 0 Å². The number of hydrogen-bond donors (Lipinski definition) is 2. The molecule has 1 aliphatic carbocycles. The second-order valence-corrected chi connectivity index (χ2v) is 7.16. The summed E-state index contributed by atoms with van der Waals surface area (Å²) in [5.41, 5.74) is 2.79. The van der Waals surface area contributed by atoms with E-state index in [1.54, 1.807) is 7.11 Å². The Morgan fingerprint density at radius 3 is 2.75 bits per heavy atom. The van der Waals surface area contributed by atoms with E-state index >= 15 is 0 Å². The molecule has 3 aromatic rings. The van der Waals surface area contributed by atoms with Crippen LogP contribution < -0.4 is 14.8 Å². The Balaban J connectivity index is 1.44. The zero-order chi connectivity index (χ0) is 19.3. The van der Waals surface area contributed by atoms with Gasteiger partial charge in [0.2, 0.25) is 0 Å². The Morgan fingerprint density at radius 2 is 1.96 bits per heavy atom. The average Bonchev–Trinajstić information content (AvgIpc) is 3.17. The van der Waals surface area contributed by atoms with E-state index in [0.29, 0.717) is 11.5 Å². The van der Waals surface area contributed by atoms with E-state index in [9.17, 15) is 4.79 Å². The zero-order valence-corrected chi connectivity index (χ0v) is 16.0. The number of aromatic amines is 1. The highest BCUT2D eigenvalue weighted by molar-refractivity contribution is 5.80. The van der Waals surface area contributed by atoms with Crippen LogP contribution in [0.5, 0.6) is 11.5 Å². The van der Waals surface area contributed by atoms with Crippen LogP contribution in [-0.2, 0) is 4.79 Å². The van der Waals surface area contributed by atoms with Crippen molar-refractivity contribution in [2.45, 2.75) is 38.1 Å². The predicted molar refractivity (Wildman–Crippen MR) is 109 cm³/mol. The van der Waals surface area contributed by atoms with Gasteiger partial charge in [0.25, 0.3) is 5.91 Å². The molecule has 28 heavy (non-hydrogen) atoms. The SMILES string of the molecule is COc1cc(-c2nc3ccccc3[nH]2)ccc1OCC(=O)NC1CCCCC1. The number of nitrogens with zero attached hydrogens (tertiary/aromatic N) is 1. The Kier molecular flexibility index (Phi) is 5.46. The van der Waals surface area contributed by atoms with Crippen LogP contribution in [-0.4, -0.2) is 35.6 Å². The molecule has 4 rings (SSSR count). The topological polar surface area (TPSA) is 76.2 Å². The summed E-state index contributed by atoms with van der Waals surface area (Å²) in [6, 6.07) is 13.8. The lowest BCUT2D eigenvalue weighted by molar-refractivity contribution is -0.124. The number of H-pyrrole nitrogens is 1. The van der Waals surface area contributed by atoms with E-state index in [1.165, 1.54) is 19.3 Å². The van der Waals surface area contributed by atoms with E-state index < -0.39 is 0 Å². The van der Waals surface area contributed by atoms with Gasteiger partial charge in [-0.05, 0) is 43.2 Å². The van der Waals surface area contributed by atoms with Crippen molar-refractivity contribution in [3.05, 3.63) is 42.5 Å². The molecule has 2 aromatic carbocycles. The molecule has 1 fully saturated rings. The molecule has 0 spiro atoms. The molecule has 1 aliphatic rings. The Hall–Kier alpha value is -3.02. The molecule has 1 aromatic heterocycles. The average molecular weight is 379 g/mol. The minimum Gasteiger partial charge on any atom is -0.493 e. The second-order valence-electron chi connectivity index (χ2n) is 7.16. The molecule has 1 heterocycles. The molecular formula is C22H25N3O3. The van der Waals surface area contributed by atoms with Gasteiger partial charge < -0.3 is 19.8 Å². The van der Waals surface area contributed by atoms with Gasteiger partial charge >= 0.3 is 0 Å². The highest BCUT2D eigenvalue weighted by Crippen LogP contribution is 2.32. The Bertz CT molecular complexity index is 928. The number of carbonyl (C=O) groups is 1. The lowest BCUT2D eigenvalue weighted by atomic mass is 9.95. The maximum absolute atomic E-state index is 12.2. The molecule has 0 aliphatic heterocycles. The molecule has 1 amide bonds. The van der Waals surface area contributed by atoms with E-state index in [2.05, 4.69) is 15.3 Å². The second kappa shape index (κ2) is 8.33. The minimum absolute atomic E-state index is 0.0170. The first-order valence-corrected chi connectivity index (χ1v) is 9.78. The van der Waals surface area contributed by atoms with Gasteiger partial charge in [-0.2, -0.15) is 0 Å². The van der Waals surface area contributed by atoms with Crippen LogP contribution in [0.3, 0.4) is 0 Å². The van der Waals surface area contributed by atoms with Crippen molar-refractivity contribution in [3.8, 4) is 22.9 Å². The fourth-order valence-electron chi connectivity index (χ4n) is 3.68. The van der Waals surface area contributed by atoms with E-state index in [4.69, 9.17) is 9.47 Å². The summed E-state index contributed by atoms with van der Waals surface area (Å²) in [5, 5.41) is 3.06. The zero-order valence-electron chi connectivity index (χ0n) is 16.0. The number of ether oxygens (including phenoxy) is 2. The van der Waals surface area contributed by atoms with Crippen LogP contribution in [0, 0.1) is 0 Å². The Labute approximate surface area is 164 Å². The molecule has 2 N–H and O–H groups in total. The Morgan fingerprint density at radius 1 is 1.14 bits per heavy atom. The van der Waals surface area contributed by atoms with Gasteiger partial charge in [-0.3, -0.25) is 4.79 Å².